The molecular weight excluding hydrogens is 386 g/mol. The van der Waals surface area contributed by atoms with Gasteiger partial charge in [0.1, 0.15) is 5.75 Å². The van der Waals surface area contributed by atoms with E-state index in [0.717, 1.165) is 12.0 Å². The lowest BCUT2D eigenvalue weighted by Crippen LogP contribution is -2.24. The van der Waals surface area contributed by atoms with E-state index in [2.05, 4.69) is 30.9 Å². The fraction of sp³-hybridized carbons (Fsp3) is 0.450. The van der Waals surface area contributed by atoms with Crippen molar-refractivity contribution in [3.63, 3.8) is 0 Å². The van der Waals surface area contributed by atoms with Gasteiger partial charge in [0, 0.05) is 19.0 Å². The van der Waals surface area contributed by atoms with Gasteiger partial charge in [-0.1, -0.05) is 30.3 Å². The van der Waals surface area contributed by atoms with Crippen molar-refractivity contribution >= 4 is 28.9 Å². The Hall–Kier alpha value is -3.27. The number of ether oxygens (including phenoxy) is 1. The molecular formula is C20H27N7O3. The molecule has 10 heteroatoms. The lowest BCUT2D eigenvalue weighted by atomic mass is 10.2. The van der Waals surface area contributed by atoms with Crippen molar-refractivity contribution in [2.45, 2.75) is 52.7 Å². The summed E-state index contributed by atoms with van der Waals surface area (Å²) in [4.78, 5) is 20.5. The molecule has 0 bridgehead atoms. The van der Waals surface area contributed by atoms with E-state index in [1.165, 1.54) is 6.92 Å². The largest absolute Gasteiger partial charge is 0.426 e. The second-order valence-electron chi connectivity index (χ2n) is 7.18. The standard InChI is InChI=1S/C20H27N7O3/c1-5-15(11-28)22-20-23-18(17-19(24-20)27(12(2)3)26-25-17)21-10-14-8-6-7-9-16(14)30-13(4)29/h6-9,12,15,28H,5,10-11H2,1-4H3,(H2,21,22,23,24). The molecule has 0 saturated carbocycles. The van der Waals surface area contributed by atoms with Crippen LogP contribution in [0.5, 0.6) is 5.75 Å². The smallest absolute Gasteiger partial charge is 0.308 e. The van der Waals surface area contributed by atoms with Crippen molar-refractivity contribution in [1.82, 2.24) is 25.0 Å². The van der Waals surface area contributed by atoms with Crippen molar-refractivity contribution in [3.8, 4) is 5.75 Å². The Labute approximate surface area is 174 Å². The number of hydrogen-bond acceptors (Lipinski definition) is 9. The average Bonchev–Trinajstić information content (AvgIpc) is 3.15. The summed E-state index contributed by atoms with van der Waals surface area (Å²) >= 11 is 0. The average molecular weight is 413 g/mol. The molecule has 0 aliphatic carbocycles. The zero-order valence-electron chi connectivity index (χ0n) is 17.6. The Morgan fingerprint density at radius 1 is 1.27 bits per heavy atom. The molecule has 0 radical (unpaired) electrons. The lowest BCUT2D eigenvalue weighted by molar-refractivity contribution is -0.131. The summed E-state index contributed by atoms with van der Waals surface area (Å²) < 4.78 is 7.00. The highest BCUT2D eigenvalue weighted by Gasteiger charge is 2.18. The summed E-state index contributed by atoms with van der Waals surface area (Å²) in [7, 11) is 0. The second-order valence-corrected chi connectivity index (χ2v) is 7.18. The van der Waals surface area contributed by atoms with Crippen molar-refractivity contribution < 1.29 is 14.6 Å². The van der Waals surface area contributed by atoms with Gasteiger partial charge in [-0.05, 0) is 26.3 Å². The van der Waals surface area contributed by atoms with Crippen molar-refractivity contribution in [1.29, 1.82) is 0 Å². The fourth-order valence-electron chi connectivity index (χ4n) is 2.91. The van der Waals surface area contributed by atoms with Gasteiger partial charge in [0.25, 0.3) is 0 Å². The van der Waals surface area contributed by atoms with Crippen molar-refractivity contribution in [2.24, 2.45) is 0 Å². The summed E-state index contributed by atoms with van der Waals surface area (Å²) in [5, 5.41) is 24.4. The van der Waals surface area contributed by atoms with E-state index >= 15 is 0 Å². The first-order valence-electron chi connectivity index (χ1n) is 9.93. The molecule has 3 N–H and O–H groups in total. The number of esters is 1. The number of benzene rings is 1. The Balaban J connectivity index is 1.95. The number of aliphatic hydroxyl groups excluding tert-OH is 1. The van der Waals surface area contributed by atoms with Gasteiger partial charge in [0.15, 0.2) is 17.0 Å². The summed E-state index contributed by atoms with van der Waals surface area (Å²) in [6.45, 7) is 7.66. The monoisotopic (exact) mass is 413 g/mol. The number of carbonyl (C=O) groups is 1. The van der Waals surface area contributed by atoms with Gasteiger partial charge in [-0.2, -0.15) is 9.97 Å². The summed E-state index contributed by atoms with van der Waals surface area (Å²) in [6, 6.07) is 7.18. The first kappa shape index (κ1) is 21.4. The van der Waals surface area contributed by atoms with E-state index in [9.17, 15) is 9.90 Å². The predicted molar refractivity (Wildman–Crippen MR) is 113 cm³/mol. The highest BCUT2D eigenvalue weighted by Crippen LogP contribution is 2.25. The predicted octanol–water partition coefficient (Wildman–Crippen LogP) is 2.52. The lowest BCUT2D eigenvalue weighted by Gasteiger charge is -2.16. The minimum Gasteiger partial charge on any atom is -0.426 e. The molecule has 1 aromatic carbocycles. The normalized spacial score (nSPS) is 12.2. The number of nitrogens with one attached hydrogen (secondary N) is 2. The summed E-state index contributed by atoms with van der Waals surface area (Å²) in [6.07, 6.45) is 0.720. The van der Waals surface area contributed by atoms with Crippen LogP contribution in [0.2, 0.25) is 0 Å². The fourth-order valence-corrected chi connectivity index (χ4v) is 2.91. The molecule has 0 amide bonds. The van der Waals surface area contributed by atoms with Gasteiger partial charge in [0.2, 0.25) is 5.95 Å². The van der Waals surface area contributed by atoms with E-state index in [-0.39, 0.29) is 24.7 Å². The first-order valence-corrected chi connectivity index (χ1v) is 9.93. The molecule has 10 nitrogen and oxygen atoms in total. The quantitative estimate of drug-likeness (QED) is 0.358. The minimum atomic E-state index is -0.382. The van der Waals surface area contributed by atoms with Gasteiger partial charge >= 0.3 is 5.97 Å². The van der Waals surface area contributed by atoms with Gasteiger partial charge in [0.05, 0.1) is 18.7 Å². The minimum absolute atomic E-state index is 0.0297. The third kappa shape index (κ3) is 4.82. The molecule has 1 unspecified atom stereocenters. The van der Waals surface area contributed by atoms with Crippen molar-refractivity contribution in [3.05, 3.63) is 29.8 Å². The number of carbonyl (C=O) groups excluding carboxylic acids is 1. The van der Waals surface area contributed by atoms with Crippen LogP contribution >= 0.6 is 0 Å². The molecule has 0 aliphatic heterocycles. The Kier molecular flexibility index (Phi) is 6.78. The Morgan fingerprint density at radius 3 is 2.70 bits per heavy atom. The molecule has 0 saturated heterocycles. The molecule has 160 valence electrons. The van der Waals surface area contributed by atoms with Gasteiger partial charge in [-0.15, -0.1) is 5.10 Å². The van der Waals surface area contributed by atoms with E-state index in [1.807, 2.05) is 32.9 Å². The molecule has 0 spiro atoms. The molecule has 0 aliphatic rings. The van der Waals surface area contributed by atoms with Crippen LogP contribution in [0.1, 0.15) is 45.7 Å². The van der Waals surface area contributed by atoms with Crippen LogP contribution in [0.15, 0.2) is 24.3 Å². The van der Waals surface area contributed by atoms with Crippen LogP contribution in [0.3, 0.4) is 0 Å². The van der Waals surface area contributed by atoms with Crippen molar-refractivity contribution in [2.75, 3.05) is 17.2 Å². The number of rotatable bonds is 9. The van der Waals surface area contributed by atoms with Crippen LogP contribution in [0, 0.1) is 0 Å². The zero-order chi connectivity index (χ0) is 21.7. The third-order valence-electron chi connectivity index (χ3n) is 4.53. The van der Waals surface area contributed by atoms with Gasteiger partial charge in [-0.25, -0.2) is 4.68 Å². The maximum atomic E-state index is 11.4. The molecule has 30 heavy (non-hydrogen) atoms. The van der Waals surface area contributed by atoms with Gasteiger partial charge < -0.3 is 20.5 Å². The highest BCUT2D eigenvalue weighted by molar-refractivity contribution is 5.83. The SMILES string of the molecule is CCC(CO)Nc1nc(NCc2ccccc2OC(C)=O)c2nnn(C(C)C)c2n1. The Morgan fingerprint density at radius 2 is 2.03 bits per heavy atom. The number of aromatic nitrogens is 5. The maximum absolute atomic E-state index is 11.4. The molecule has 3 rings (SSSR count). The number of fused-ring (bicyclic) bond motifs is 1. The molecule has 0 fully saturated rings. The Bertz CT molecular complexity index is 1010. The number of para-hydroxylation sites is 1. The number of anilines is 2. The number of aliphatic hydroxyl groups is 1. The van der Waals surface area contributed by atoms with E-state index in [4.69, 9.17) is 4.74 Å². The van der Waals surface area contributed by atoms with E-state index in [0.29, 0.717) is 35.2 Å². The van der Waals surface area contributed by atoms with Gasteiger partial charge in [-0.3, -0.25) is 4.79 Å². The molecule has 1 atom stereocenters. The van der Waals surface area contributed by atoms with E-state index in [1.54, 1.807) is 16.8 Å². The summed E-state index contributed by atoms with van der Waals surface area (Å²) in [5.74, 6) is 0.981. The first-order chi connectivity index (χ1) is 14.4. The third-order valence-corrected chi connectivity index (χ3v) is 4.53. The maximum Gasteiger partial charge on any atom is 0.308 e. The number of hydrogen-bond donors (Lipinski definition) is 3. The molecule has 3 aromatic rings. The van der Waals surface area contributed by atoms with Crippen LogP contribution in [0.4, 0.5) is 11.8 Å². The number of nitrogens with zero attached hydrogens (tertiary/aromatic N) is 5. The molecule has 2 heterocycles. The highest BCUT2D eigenvalue weighted by atomic mass is 16.5. The topological polar surface area (TPSA) is 127 Å². The second kappa shape index (κ2) is 9.49. The molecule has 2 aromatic heterocycles. The van der Waals surface area contributed by atoms with Crippen LogP contribution in [0.25, 0.3) is 11.2 Å². The summed E-state index contributed by atoms with van der Waals surface area (Å²) in [5.41, 5.74) is 1.93. The zero-order valence-corrected chi connectivity index (χ0v) is 17.6. The van der Waals surface area contributed by atoms with E-state index < -0.39 is 0 Å². The van der Waals surface area contributed by atoms with Crippen LogP contribution in [-0.4, -0.2) is 48.7 Å². The van der Waals surface area contributed by atoms with Crippen LogP contribution < -0.4 is 15.4 Å². The van der Waals surface area contributed by atoms with Crippen LogP contribution in [-0.2, 0) is 11.3 Å².